The molecule has 0 heterocycles. The minimum absolute atomic E-state index is 0.0278. The van der Waals surface area contributed by atoms with E-state index in [-0.39, 0.29) is 11.0 Å². The molecule has 1 aromatic carbocycles. The molecule has 1 aromatic rings. The molecule has 0 saturated heterocycles. The van der Waals surface area contributed by atoms with Gasteiger partial charge in [-0.1, -0.05) is 0 Å². The van der Waals surface area contributed by atoms with Crippen LogP contribution in [0.3, 0.4) is 0 Å². The van der Waals surface area contributed by atoms with Gasteiger partial charge in [0.15, 0.2) is 0 Å². The minimum atomic E-state index is -3.67. The summed E-state index contributed by atoms with van der Waals surface area (Å²) in [5.41, 5.74) is 0.663. The molecule has 0 fully saturated rings. The van der Waals surface area contributed by atoms with Crippen LogP contribution in [0.2, 0.25) is 0 Å². The number of nitro benzene ring substituents is 1. The van der Waals surface area contributed by atoms with Crippen molar-refractivity contribution in [1.82, 2.24) is 0 Å². The van der Waals surface area contributed by atoms with Crippen LogP contribution in [-0.4, -0.2) is 31.6 Å². The Labute approximate surface area is 91.1 Å². The Morgan fingerprint density at radius 3 is 2.27 bits per heavy atom. The van der Waals surface area contributed by atoms with Gasteiger partial charge in [-0.15, -0.1) is 0 Å². The Morgan fingerprint density at radius 2 is 1.87 bits per heavy atom. The molecule has 0 atom stereocenters. The van der Waals surface area contributed by atoms with E-state index < -0.39 is 26.7 Å². The molecule has 0 amide bonds. The first-order chi connectivity index (χ1) is 6.88. The van der Waals surface area contributed by atoms with Gasteiger partial charge in [0.2, 0.25) is 0 Å². The number of hydrogen-bond acceptors (Lipinski definition) is 3. The fourth-order valence-electron chi connectivity index (χ4n) is 0.859. The zero-order valence-electron chi connectivity index (χ0n) is 7.40. The van der Waals surface area contributed by atoms with Crippen molar-refractivity contribution in [3.63, 3.8) is 0 Å². The van der Waals surface area contributed by atoms with Crippen LogP contribution in [0.15, 0.2) is 24.3 Å². The second kappa shape index (κ2) is 4.82. The molecule has 0 unspecified atom stereocenters. The van der Waals surface area contributed by atoms with E-state index in [1.807, 2.05) is 0 Å². The molecule has 1 radical (unpaired) electrons. The predicted molar refractivity (Wildman–Crippen MR) is 56.0 cm³/mol. The molecular formula is C7H8NO5SSe. The van der Waals surface area contributed by atoms with Crippen molar-refractivity contribution in [2.45, 2.75) is 5.32 Å². The SMILES string of the molecule is O=[N+]([O-])c1ccc(C[Se]=S(=O)(O)O)cc1. The van der Waals surface area contributed by atoms with E-state index in [1.165, 1.54) is 24.3 Å². The van der Waals surface area contributed by atoms with Crippen molar-refractivity contribution in [2.24, 2.45) is 0 Å². The van der Waals surface area contributed by atoms with Gasteiger partial charge in [-0.3, -0.25) is 0 Å². The second-order valence-corrected chi connectivity index (χ2v) is 8.59. The van der Waals surface area contributed by atoms with Gasteiger partial charge in [0.1, 0.15) is 0 Å². The summed E-state index contributed by atoms with van der Waals surface area (Å²) in [4.78, 5) is 9.80. The van der Waals surface area contributed by atoms with E-state index in [2.05, 4.69) is 0 Å². The van der Waals surface area contributed by atoms with Crippen molar-refractivity contribution in [1.29, 1.82) is 0 Å². The molecule has 8 heteroatoms. The quantitative estimate of drug-likeness (QED) is 0.491. The molecule has 1 rings (SSSR count). The van der Waals surface area contributed by atoms with Gasteiger partial charge in [-0.25, -0.2) is 0 Å². The summed E-state index contributed by atoms with van der Waals surface area (Å²) in [6.45, 7) is 0. The summed E-state index contributed by atoms with van der Waals surface area (Å²) in [6, 6.07) is 5.65. The first-order valence-corrected chi connectivity index (χ1v) is 8.46. The number of hydrogen-bond donors (Lipinski definition) is 2. The number of non-ortho nitro benzene ring substituents is 1. The zero-order valence-corrected chi connectivity index (χ0v) is 9.93. The third-order valence-electron chi connectivity index (χ3n) is 1.53. The fourth-order valence-corrected chi connectivity index (χ4v) is 3.37. The molecule has 0 aliphatic carbocycles. The summed E-state index contributed by atoms with van der Waals surface area (Å²) in [5, 5.41) is 10.6. The number of benzene rings is 1. The van der Waals surface area contributed by atoms with Crippen molar-refractivity contribution < 1.29 is 18.2 Å². The third-order valence-corrected chi connectivity index (χ3v) is 5.32. The first-order valence-electron chi connectivity index (χ1n) is 3.75. The van der Waals surface area contributed by atoms with Gasteiger partial charge in [0, 0.05) is 0 Å². The van der Waals surface area contributed by atoms with E-state index in [1.54, 1.807) is 0 Å². The molecule has 0 spiro atoms. The predicted octanol–water partition coefficient (Wildman–Crippen LogP) is 0.944. The average Bonchev–Trinajstić information content (AvgIpc) is 2.14. The second-order valence-electron chi connectivity index (χ2n) is 2.63. The van der Waals surface area contributed by atoms with Crippen molar-refractivity contribution in [3.05, 3.63) is 39.9 Å². The monoisotopic (exact) mass is 298 g/mol. The van der Waals surface area contributed by atoms with Crippen LogP contribution >= 0.6 is 0 Å². The Bertz CT molecular complexity index is 469. The molecule has 6 nitrogen and oxygen atoms in total. The molecule has 15 heavy (non-hydrogen) atoms. The summed E-state index contributed by atoms with van der Waals surface area (Å²) in [7, 11) is -3.67. The molecule has 83 valence electrons. The Morgan fingerprint density at radius 1 is 1.33 bits per heavy atom. The van der Waals surface area contributed by atoms with Crippen LogP contribution in [0.5, 0.6) is 0 Å². The Balaban J connectivity index is 2.83. The molecule has 2 N–H and O–H groups in total. The standard InChI is InChI=1S/C7H8NO5SSe/c9-8(10)7-3-1-6(2-4-7)5-15-14(11,12)13/h1-4H,5H2,(H2,11,12,13). The van der Waals surface area contributed by atoms with Gasteiger partial charge in [-0.05, 0) is 0 Å². The van der Waals surface area contributed by atoms with Gasteiger partial charge in [0.05, 0.1) is 0 Å². The third kappa shape index (κ3) is 4.50. The van der Waals surface area contributed by atoms with Crippen molar-refractivity contribution in [2.75, 3.05) is 0 Å². The number of rotatable bonds is 3. The average molecular weight is 297 g/mol. The number of nitrogens with zero attached hydrogens (tertiary/aromatic N) is 1. The molecule has 0 bridgehead atoms. The maximum atomic E-state index is 10.6. The molecule has 0 saturated carbocycles. The Hall–Kier alpha value is -0.791. The van der Waals surface area contributed by atoms with Crippen molar-refractivity contribution in [3.8, 4) is 0 Å². The topological polar surface area (TPSA) is 101 Å². The van der Waals surface area contributed by atoms with Crippen molar-refractivity contribution >= 4 is 27.4 Å². The zero-order chi connectivity index (χ0) is 11.5. The van der Waals surface area contributed by atoms with Crippen LogP contribution in [0.1, 0.15) is 5.56 Å². The normalized spacial score (nSPS) is 11.1. The van der Waals surface area contributed by atoms with Crippen LogP contribution in [-0.2, 0) is 13.7 Å². The van der Waals surface area contributed by atoms with Crippen LogP contribution < -0.4 is 0 Å². The van der Waals surface area contributed by atoms with Crippen LogP contribution in [0, 0.1) is 10.1 Å². The van der Waals surface area contributed by atoms with Crippen LogP contribution in [0.4, 0.5) is 5.69 Å². The van der Waals surface area contributed by atoms with E-state index in [0.29, 0.717) is 5.56 Å². The first kappa shape index (κ1) is 12.3. The van der Waals surface area contributed by atoms with Gasteiger partial charge in [0.25, 0.3) is 0 Å². The van der Waals surface area contributed by atoms with E-state index in [4.69, 9.17) is 9.11 Å². The van der Waals surface area contributed by atoms with Gasteiger partial charge in [-0.2, -0.15) is 0 Å². The number of nitro groups is 1. The summed E-state index contributed by atoms with van der Waals surface area (Å²) in [6.07, 6.45) is 0. The fraction of sp³-hybridized carbons (Fsp3) is 0.143. The van der Waals surface area contributed by atoms with E-state index >= 15 is 0 Å². The van der Waals surface area contributed by atoms with Crippen LogP contribution in [0.25, 0.3) is 0 Å². The molecular weight excluding hydrogens is 289 g/mol. The molecule has 0 aliphatic rings. The maximum absolute atomic E-state index is 10.6. The van der Waals surface area contributed by atoms with Gasteiger partial charge >= 0.3 is 90.9 Å². The summed E-state index contributed by atoms with van der Waals surface area (Å²) in [5.74, 6) is 0. The van der Waals surface area contributed by atoms with Gasteiger partial charge < -0.3 is 0 Å². The van der Waals surface area contributed by atoms with E-state index in [0.717, 1.165) is 0 Å². The van der Waals surface area contributed by atoms with E-state index in [9.17, 15) is 14.3 Å². The molecule has 0 aliphatic heterocycles. The summed E-state index contributed by atoms with van der Waals surface area (Å²) < 4.78 is 27.8. The Kier molecular flexibility index (Phi) is 3.95. The molecule has 0 aromatic heterocycles. The summed E-state index contributed by atoms with van der Waals surface area (Å²) >= 11 is -0.830.